The second-order valence-electron chi connectivity index (χ2n) is 3.21. The lowest BCUT2D eigenvalue weighted by Gasteiger charge is -2.01. The van der Waals surface area contributed by atoms with Crippen LogP contribution in [0.2, 0.25) is 0 Å². The number of halogens is 1. The summed E-state index contributed by atoms with van der Waals surface area (Å²) in [5.74, 6) is 0. The maximum atomic E-state index is 10.2. The van der Waals surface area contributed by atoms with Crippen molar-refractivity contribution in [2.45, 2.75) is 56.7 Å². The number of rotatable bonds is 8. The molecular formula is C10H19BrO. The van der Waals surface area contributed by atoms with Crippen molar-refractivity contribution in [2.24, 2.45) is 0 Å². The molecule has 0 aromatic carbocycles. The number of unbranched alkanes of at least 4 members (excludes halogenated alkanes) is 5. The summed E-state index contributed by atoms with van der Waals surface area (Å²) in [7, 11) is 0. The molecule has 1 unspecified atom stereocenters. The van der Waals surface area contributed by atoms with Gasteiger partial charge >= 0.3 is 0 Å². The summed E-state index contributed by atoms with van der Waals surface area (Å²) in [6, 6.07) is 0. The fourth-order valence-corrected chi connectivity index (χ4v) is 1.51. The molecule has 0 heterocycles. The van der Waals surface area contributed by atoms with Crippen molar-refractivity contribution in [1.82, 2.24) is 0 Å². The zero-order chi connectivity index (χ0) is 9.23. The molecule has 0 bridgehead atoms. The number of hydrogen-bond acceptors (Lipinski definition) is 1. The molecule has 0 fully saturated rings. The van der Waals surface area contributed by atoms with Gasteiger partial charge in [0.2, 0.25) is 0 Å². The highest BCUT2D eigenvalue weighted by Gasteiger charge is 1.99. The van der Waals surface area contributed by atoms with E-state index in [9.17, 15) is 4.79 Å². The van der Waals surface area contributed by atoms with Gasteiger partial charge in [0.1, 0.15) is 6.29 Å². The first-order valence-corrected chi connectivity index (χ1v) is 5.82. The lowest BCUT2D eigenvalue weighted by molar-refractivity contribution is -0.107. The molecule has 0 aliphatic carbocycles. The Labute approximate surface area is 84.1 Å². The van der Waals surface area contributed by atoms with Crippen LogP contribution < -0.4 is 0 Å². The van der Waals surface area contributed by atoms with Crippen molar-refractivity contribution >= 4 is 22.2 Å². The van der Waals surface area contributed by atoms with Crippen LogP contribution in [0, 0.1) is 0 Å². The Morgan fingerprint density at radius 1 is 1.17 bits per heavy atom. The third-order valence-electron chi connectivity index (χ3n) is 1.98. The number of hydrogen-bond donors (Lipinski definition) is 0. The molecule has 0 aliphatic heterocycles. The molecule has 2 heteroatoms. The monoisotopic (exact) mass is 234 g/mol. The molecule has 12 heavy (non-hydrogen) atoms. The smallest absolute Gasteiger partial charge is 0.133 e. The SMILES string of the molecule is CCCCCCCCC(Br)C=O. The van der Waals surface area contributed by atoms with E-state index in [1.807, 2.05) is 0 Å². The van der Waals surface area contributed by atoms with E-state index in [0.717, 1.165) is 12.7 Å². The third kappa shape index (κ3) is 8.25. The van der Waals surface area contributed by atoms with Crippen LogP contribution >= 0.6 is 15.9 Å². The fourth-order valence-electron chi connectivity index (χ4n) is 1.19. The fraction of sp³-hybridized carbons (Fsp3) is 0.900. The summed E-state index contributed by atoms with van der Waals surface area (Å²) in [6.45, 7) is 2.22. The van der Waals surface area contributed by atoms with Crippen LogP contribution in [0.3, 0.4) is 0 Å². The first-order valence-electron chi connectivity index (χ1n) is 4.90. The van der Waals surface area contributed by atoms with Crippen LogP contribution in [0.25, 0.3) is 0 Å². The van der Waals surface area contributed by atoms with E-state index in [2.05, 4.69) is 22.9 Å². The summed E-state index contributed by atoms with van der Waals surface area (Å²) >= 11 is 3.29. The van der Waals surface area contributed by atoms with Crippen molar-refractivity contribution in [3.63, 3.8) is 0 Å². The normalized spacial score (nSPS) is 12.8. The average molecular weight is 235 g/mol. The highest BCUT2D eigenvalue weighted by Crippen LogP contribution is 2.11. The molecule has 0 rings (SSSR count). The second kappa shape index (κ2) is 9.24. The van der Waals surface area contributed by atoms with Crippen molar-refractivity contribution in [1.29, 1.82) is 0 Å². The Morgan fingerprint density at radius 3 is 2.33 bits per heavy atom. The topological polar surface area (TPSA) is 17.1 Å². The Kier molecular flexibility index (Phi) is 9.36. The Hall–Kier alpha value is 0.150. The largest absolute Gasteiger partial charge is 0.302 e. The van der Waals surface area contributed by atoms with Gasteiger partial charge in [0.25, 0.3) is 0 Å². The first-order chi connectivity index (χ1) is 5.81. The summed E-state index contributed by atoms with van der Waals surface area (Å²) < 4.78 is 0. The van der Waals surface area contributed by atoms with Gasteiger partial charge in [-0.1, -0.05) is 61.4 Å². The van der Waals surface area contributed by atoms with Gasteiger partial charge in [-0.3, -0.25) is 0 Å². The van der Waals surface area contributed by atoms with Crippen LogP contribution in [0.1, 0.15) is 51.9 Å². The molecule has 0 saturated carbocycles. The molecule has 0 saturated heterocycles. The van der Waals surface area contributed by atoms with Crippen LogP contribution in [-0.4, -0.2) is 11.1 Å². The van der Waals surface area contributed by atoms with E-state index in [-0.39, 0.29) is 4.83 Å². The molecule has 0 aromatic heterocycles. The van der Waals surface area contributed by atoms with Crippen LogP contribution in [-0.2, 0) is 4.79 Å². The second-order valence-corrected chi connectivity index (χ2v) is 4.38. The predicted molar refractivity (Wildman–Crippen MR) is 56.8 cm³/mol. The first kappa shape index (κ1) is 12.2. The van der Waals surface area contributed by atoms with Crippen molar-refractivity contribution in [3.05, 3.63) is 0 Å². The molecule has 72 valence electrons. The zero-order valence-electron chi connectivity index (χ0n) is 7.89. The quantitative estimate of drug-likeness (QED) is 0.356. The minimum absolute atomic E-state index is 0.0867. The van der Waals surface area contributed by atoms with Crippen molar-refractivity contribution in [2.75, 3.05) is 0 Å². The molecule has 1 atom stereocenters. The average Bonchev–Trinajstić information content (AvgIpc) is 2.10. The standard InChI is InChI=1S/C10H19BrO/c1-2-3-4-5-6-7-8-10(11)9-12/h9-10H,2-8H2,1H3. The highest BCUT2D eigenvalue weighted by atomic mass is 79.9. The summed E-state index contributed by atoms with van der Waals surface area (Å²) in [6.07, 6.45) is 9.76. The van der Waals surface area contributed by atoms with E-state index in [4.69, 9.17) is 0 Å². The van der Waals surface area contributed by atoms with Gasteiger partial charge in [0.15, 0.2) is 0 Å². The van der Waals surface area contributed by atoms with E-state index in [1.165, 1.54) is 38.5 Å². The number of aldehydes is 1. The molecule has 0 radical (unpaired) electrons. The van der Waals surface area contributed by atoms with E-state index >= 15 is 0 Å². The van der Waals surface area contributed by atoms with Gasteiger partial charge in [-0.2, -0.15) is 0 Å². The van der Waals surface area contributed by atoms with Gasteiger partial charge in [-0.25, -0.2) is 0 Å². The third-order valence-corrected chi connectivity index (χ3v) is 2.65. The Balaban J connectivity index is 2.95. The molecule has 0 N–H and O–H groups in total. The Bertz CT molecular complexity index is 104. The lowest BCUT2D eigenvalue weighted by atomic mass is 10.1. The molecule has 0 spiro atoms. The number of alkyl halides is 1. The molecule has 0 amide bonds. The lowest BCUT2D eigenvalue weighted by Crippen LogP contribution is -1.97. The van der Waals surface area contributed by atoms with Crippen LogP contribution in [0.4, 0.5) is 0 Å². The van der Waals surface area contributed by atoms with E-state index in [1.54, 1.807) is 0 Å². The molecular weight excluding hydrogens is 216 g/mol. The van der Waals surface area contributed by atoms with Gasteiger partial charge in [0, 0.05) is 0 Å². The van der Waals surface area contributed by atoms with Crippen molar-refractivity contribution < 1.29 is 4.79 Å². The Morgan fingerprint density at radius 2 is 1.75 bits per heavy atom. The summed E-state index contributed by atoms with van der Waals surface area (Å²) in [5.41, 5.74) is 0. The van der Waals surface area contributed by atoms with Gasteiger partial charge in [0.05, 0.1) is 4.83 Å². The molecule has 1 nitrogen and oxygen atoms in total. The maximum Gasteiger partial charge on any atom is 0.133 e. The van der Waals surface area contributed by atoms with Crippen molar-refractivity contribution in [3.8, 4) is 0 Å². The van der Waals surface area contributed by atoms with E-state index in [0.29, 0.717) is 0 Å². The van der Waals surface area contributed by atoms with Gasteiger partial charge < -0.3 is 4.79 Å². The van der Waals surface area contributed by atoms with Gasteiger partial charge in [-0.15, -0.1) is 0 Å². The van der Waals surface area contributed by atoms with E-state index < -0.39 is 0 Å². The number of carbonyl (C=O) groups is 1. The molecule has 0 aromatic rings. The van der Waals surface area contributed by atoms with Gasteiger partial charge in [-0.05, 0) is 6.42 Å². The minimum atomic E-state index is 0.0867. The van der Waals surface area contributed by atoms with Crippen LogP contribution in [0.15, 0.2) is 0 Å². The number of carbonyl (C=O) groups excluding carboxylic acids is 1. The highest BCUT2D eigenvalue weighted by molar-refractivity contribution is 9.09. The zero-order valence-corrected chi connectivity index (χ0v) is 9.48. The van der Waals surface area contributed by atoms with Crippen LogP contribution in [0.5, 0.6) is 0 Å². The maximum absolute atomic E-state index is 10.2. The summed E-state index contributed by atoms with van der Waals surface area (Å²) in [4.78, 5) is 10.3. The minimum Gasteiger partial charge on any atom is -0.302 e. The summed E-state index contributed by atoms with van der Waals surface area (Å²) in [5, 5.41) is 0. The predicted octanol–water partition coefficient (Wildman–Crippen LogP) is 3.70. The molecule has 0 aliphatic rings.